The third-order valence-electron chi connectivity index (χ3n) is 2.79. The fourth-order valence-electron chi connectivity index (χ4n) is 2.04. The van der Waals surface area contributed by atoms with Gasteiger partial charge in [-0.15, -0.1) is 0 Å². The number of carbonyl (C=O) groups is 1. The van der Waals surface area contributed by atoms with Gasteiger partial charge in [-0.1, -0.05) is 0 Å². The maximum absolute atomic E-state index is 10.9. The summed E-state index contributed by atoms with van der Waals surface area (Å²) in [6.45, 7) is 4.47. The first-order valence-corrected chi connectivity index (χ1v) is 6.16. The van der Waals surface area contributed by atoms with E-state index in [1.807, 2.05) is 19.0 Å². The monoisotopic (exact) mass is 266 g/mol. The number of aryl methyl sites for hydroxylation is 1. The van der Waals surface area contributed by atoms with Gasteiger partial charge in [-0.3, -0.25) is 0 Å². The Kier molecular flexibility index (Phi) is 4.91. The van der Waals surface area contributed by atoms with Crippen molar-refractivity contribution in [1.29, 1.82) is 0 Å². The Bertz CT molecular complexity index is 456. The molecule has 0 fully saturated rings. The van der Waals surface area contributed by atoms with Crippen LogP contribution in [0.2, 0.25) is 0 Å². The van der Waals surface area contributed by atoms with Crippen molar-refractivity contribution in [1.82, 2.24) is 4.90 Å². The van der Waals surface area contributed by atoms with Crippen molar-refractivity contribution in [3.05, 3.63) is 29.3 Å². The first kappa shape index (κ1) is 15.5. The Hall–Kier alpha value is -1.59. The van der Waals surface area contributed by atoms with Crippen LogP contribution < -0.4 is 5.32 Å². The van der Waals surface area contributed by atoms with E-state index in [1.165, 1.54) is 0 Å². The smallest absolute Gasteiger partial charge is 0.335 e. The third-order valence-corrected chi connectivity index (χ3v) is 2.79. The van der Waals surface area contributed by atoms with Gasteiger partial charge >= 0.3 is 5.97 Å². The van der Waals surface area contributed by atoms with Crippen molar-refractivity contribution in [2.45, 2.75) is 19.4 Å². The Morgan fingerprint density at radius 1 is 1.42 bits per heavy atom. The topological polar surface area (TPSA) is 72.8 Å². The van der Waals surface area contributed by atoms with E-state index in [-0.39, 0.29) is 0 Å². The van der Waals surface area contributed by atoms with Crippen LogP contribution in [0.3, 0.4) is 0 Å². The minimum atomic E-state index is -0.927. The maximum atomic E-state index is 10.9. The summed E-state index contributed by atoms with van der Waals surface area (Å²) in [4.78, 5) is 12.8. The van der Waals surface area contributed by atoms with Gasteiger partial charge in [-0.25, -0.2) is 4.79 Å². The van der Waals surface area contributed by atoms with Gasteiger partial charge < -0.3 is 20.4 Å². The van der Waals surface area contributed by atoms with Gasteiger partial charge in [-0.2, -0.15) is 0 Å². The van der Waals surface area contributed by atoms with Gasteiger partial charge in [0, 0.05) is 18.8 Å². The molecule has 0 aromatic heterocycles. The second-order valence-corrected chi connectivity index (χ2v) is 5.42. The molecule has 5 nitrogen and oxygen atoms in total. The molecule has 106 valence electrons. The first-order valence-electron chi connectivity index (χ1n) is 6.16. The van der Waals surface area contributed by atoms with Crippen LogP contribution >= 0.6 is 0 Å². The van der Waals surface area contributed by atoms with Crippen LogP contribution in [0, 0.1) is 6.92 Å². The number of carboxylic acid groups (broad SMARTS) is 1. The molecule has 1 atom stereocenters. The molecule has 0 amide bonds. The second kappa shape index (κ2) is 6.04. The predicted molar refractivity (Wildman–Crippen MR) is 75.8 cm³/mol. The molecule has 0 spiro atoms. The zero-order valence-electron chi connectivity index (χ0n) is 11.9. The summed E-state index contributed by atoms with van der Waals surface area (Å²) in [6.07, 6.45) is 0. The van der Waals surface area contributed by atoms with Gasteiger partial charge in [0.2, 0.25) is 0 Å². The highest BCUT2D eigenvalue weighted by atomic mass is 16.4. The number of anilines is 1. The Balaban J connectivity index is 2.69. The number of aromatic carboxylic acids is 1. The highest BCUT2D eigenvalue weighted by Gasteiger charge is 2.21. The number of carboxylic acids is 1. The lowest BCUT2D eigenvalue weighted by molar-refractivity contribution is 0.0459. The number of nitrogens with zero attached hydrogens (tertiary/aromatic N) is 1. The molecule has 0 bridgehead atoms. The number of nitrogens with one attached hydrogen (secondary N) is 1. The molecule has 1 aromatic carbocycles. The van der Waals surface area contributed by atoms with Crippen LogP contribution in [0.25, 0.3) is 0 Å². The van der Waals surface area contributed by atoms with Crippen LogP contribution in [0.4, 0.5) is 5.69 Å². The molecule has 0 heterocycles. The van der Waals surface area contributed by atoms with E-state index in [4.69, 9.17) is 5.11 Å². The van der Waals surface area contributed by atoms with E-state index in [1.54, 1.807) is 32.0 Å². The molecule has 1 unspecified atom stereocenters. The lowest BCUT2D eigenvalue weighted by atomic mass is 10.1. The lowest BCUT2D eigenvalue weighted by Gasteiger charge is -2.27. The number of aliphatic hydroxyl groups is 1. The van der Waals surface area contributed by atoms with Crippen LogP contribution in [-0.2, 0) is 0 Å². The van der Waals surface area contributed by atoms with Gasteiger partial charge in [0.15, 0.2) is 0 Å². The Morgan fingerprint density at radius 3 is 2.53 bits per heavy atom. The molecular formula is C14H22N2O3. The first-order chi connectivity index (χ1) is 8.71. The number of hydrogen-bond donors (Lipinski definition) is 3. The van der Waals surface area contributed by atoms with Gasteiger partial charge in [0.05, 0.1) is 11.2 Å². The molecule has 1 rings (SSSR count). The van der Waals surface area contributed by atoms with E-state index < -0.39 is 11.6 Å². The molecule has 1 aromatic rings. The number of rotatable bonds is 6. The van der Waals surface area contributed by atoms with E-state index in [2.05, 4.69) is 5.32 Å². The van der Waals surface area contributed by atoms with E-state index in [0.29, 0.717) is 24.2 Å². The lowest BCUT2D eigenvalue weighted by Crippen LogP contribution is -2.43. The van der Waals surface area contributed by atoms with Crippen LogP contribution in [0.15, 0.2) is 18.2 Å². The predicted octanol–water partition coefficient (Wildman–Crippen LogP) is 1.42. The highest BCUT2D eigenvalue weighted by Crippen LogP contribution is 2.16. The normalized spacial score (nSPS) is 14.2. The minimum absolute atomic E-state index is 0.297. The molecule has 0 radical (unpaired) electrons. The van der Waals surface area contributed by atoms with E-state index >= 15 is 0 Å². The van der Waals surface area contributed by atoms with Crippen molar-refractivity contribution in [2.75, 3.05) is 32.5 Å². The molecule has 0 aliphatic rings. The summed E-state index contributed by atoms with van der Waals surface area (Å²) in [5.41, 5.74) is 0.958. The largest absolute Gasteiger partial charge is 0.478 e. The third kappa shape index (κ3) is 4.89. The van der Waals surface area contributed by atoms with Crippen molar-refractivity contribution in [3.8, 4) is 0 Å². The van der Waals surface area contributed by atoms with Gasteiger partial charge in [-0.05, 0) is 51.7 Å². The molecular weight excluding hydrogens is 244 g/mol. The summed E-state index contributed by atoms with van der Waals surface area (Å²) < 4.78 is 0. The van der Waals surface area contributed by atoms with Crippen LogP contribution in [0.1, 0.15) is 22.8 Å². The zero-order valence-corrected chi connectivity index (χ0v) is 11.9. The van der Waals surface area contributed by atoms with Crippen LogP contribution in [-0.4, -0.2) is 53.9 Å². The molecule has 5 heteroatoms. The average molecular weight is 266 g/mol. The fourth-order valence-corrected chi connectivity index (χ4v) is 2.04. The van der Waals surface area contributed by atoms with Crippen molar-refractivity contribution >= 4 is 11.7 Å². The Morgan fingerprint density at radius 2 is 2.05 bits per heavy atom. The number of hydrogen-bond acceptors (Lipinski definition) is 4. The molecule has 19 heavy (non-hydrogen) atoms. The summed E-state index contributed by atoms with van der Waals surface area (Å²) in [5, 5.41) is 22.2. The van der Waals surface area contributed by atoms with Gasteiger partial charge in [0.25, 0.3) is 0 Å². The summed E-state index contributed by atoms with van der Waals surface area (Å²) in [7, 11) is 3.81. The number of benzene rings is 1. The van der Waals surface area contributed by atoms with Gasteiger partial charge in [0.1, 0.15) is 0 Å². The van der Waals surface area contributed by atoms with E-state index in [9.17, 15) is 9.90 Å². The quantitative estimate of drug-likeness (QED) is 0.726. The molecule has 3 N–H and O–H groups in total. The maximum Gasteiger partial charge on any atom is 0.335 e. The van der Waals surface area contributed by atoms with Crippen molar-refractivity contribution in [2.24, 2.45) is 0 Å². The zero-order chi connectivity index (χ0) is 14.6. The average Bonchev–Trinajstić information content (AvgIpc) is 2.24. The molecule has 0 saturated heterocycles. The Labute approximate surface area is 113 Å². The summed E-state index contributed by atoms with van der Waals surface area (Å²) in [5.74, 6) is -0.927. The minimum Gasteiger partial charge on any atom is -0.478 e. The van der Waals surface area contributed by atoms with Crippen molar-refractivity contribution < 1.29 is 15.0 Å². The fraction of sp³-hybridized carbons (Fsp3) is 0.500. The standard InChI is InChI=1S/C14H22N2O3/c1-10-7-11(5-6-12(10)13(17)18)15-8-14(2,19)9-16(3)4/h5-7,15,19H,8-9H2,1-4H3,(H,17,18). The number of likely N-dealkylation sites (N-methyl/N-ethyl adjacent to an activating group) is 1. The summed E-state index contributed by atoms with van der Waals surface area (Å²) in [6, 6.07) is 5.05. The molecule has 0 aliphatic heterocycles. The SMILES string of the molecule is Cc1cc(NCC(C)(O)CN(C)C)ccc1C(=O)O. The molecule has 0 aliphatic carbocycles. The summed E-state index contributed by atoms with van der Waals surface area (Å²) >= 11 is 0. The van der Waals surface area contributed by atoms with Crippen LogP contribution in [0.5, 0.6) is 0 Å². The van der Waals surface area contributed by atoms with E-state index in [0.717, 1.165) is 5.69 Å². The second-order valence-electron chi connectivity index (χ2n) is 5.42. The van der Waals surface area contributed by atoms with Crippen molar-refractivity contribution in [3.63, 3.8) is 0 Å². The molecule has 0 saturated carbocycles. The highest BCUT2D eigenvalue weighted by molar-refractivity contribution is 5.89.